The summed E-state index contributed by atoms with van der Waals surface area (Å²) in [4.78, 5) is 22.7. The second kappa shape index (κ2) is 4.35. The van der Waals surface area contributed by atoms with Crippen molar-refractivity contribution < 1.29 is 14.3 Å². The maximum atomic E-state index is 11.5. The van der Waals surface area contributed by atoms with Crippen LogP contribution in [0.25, 0.3) is 0 Å². The molecule has 0 aromatic rings. The van der Waals surface area contributed by atoms with Crippen molar-refractivity contribution in [1.29, 1.82) is 0 Å². The van der Waals surface area contributed by atoms with Crippen LogP contribution in [-0.2, 0) is 14.3 Å². The largest absolute Gasteiger partial charge is 0.467 e. The number of rotatable bonds is 3. The molecule has 1 fully saturated rings. The van der Waals surface area contributed by atoms with E-state index in [1.807, 2.05) is 6.92 Å². The molecule has 0 bridgehead atoms. The van der Waals surface area contributed by atoms with Gasteiger partial charge in [0.25, 0.3) is 5.91 Å². The number of nitrogens with one attached hydrogen (secondary N) is 1. The molecular formula is C11H15NO3. The Kier molecular flexibility index (Phi) is 3.35. The van der Waals surface area contributed by atoms with Gasteiger partial charge < -0.3 is 10.1 Å². The minimum absolute atomic E-state index is 0.155. The molecule has 0 saturated heterocycles. The van der Waals surface area contributed by atoms with Gasteiger partial charge in [0.05, 0.1) is 7.11 Å². The van der Waals surface area contributed by atoms with Crippen molar-refractivity contribution in [2.24, 2.45) is 5.41 Å². The fraction of sp³-hybridized carbons (Fsp3) is 0.636. The maximum absolute atomic E-state index is 11.5. The topological polar surface area (TPSA) is 55.4 Å². The van der Waals surface area contributed by atoms with E-state index in [1.54, 1.807) is 6.92 Å². The number of amides is 1. The predicted molar refractivity (Wildman–Crippen MR) is 54.7 cm³/mol. The first-order chi connectivity index (χ1) is 7.03. The Morgan fingerprint density at radius 3 is 2.47 bits per heavy atom. The van der Waals surface area contributed by atoms with Gasteiger partial charge in [-0.1, -0.05) is 12.8 Å². The van der Waals surface area contributed by atoms with E-state index >= 15 is 0 Å². The Balaban J connectivity index is 2.68. The SMILES string of the molecule is CC#CC(=O)NC(C(=O)OC)C1(C)CC1. The van der Waals surface area contributed by atoms with E-state index in [-0.39, 0.29) is 5.41 Å². The predicted octanol–water partition coefficient (Wildman–Crippen LogP) is 0.468. The number of methoxy groups -OCH3 is 1. The average Bonchev–Trinajstić information content (AvgIpc) is 2.93. The lowest BCUT2D eigenvalue weighted by atomic mass is 9.99. The minimum atomic E-state index is -0.573. The Hall–Kier alpha value is -1.50. The van der Waals surface area contributed by atoms with Gasteiger partial charge in [-0.15, -0.1) is 0 Å². The lowest BCUT2D eigenvalue weighted by Gasteiger charge is -2.20. The second-order valence-corrected chi connectivity index (χ2v) is 3.96. The first kappa shape index (κ1) is 11.6. The van der Waals surface area contributed by atoms with E-state index in [0.717, 1.165) is 12.8 Å². The van der Waals surface area contributed by atoms with Gasteiger partial charge in [-0.3, -0.25) is 4.79 Å². The van der Waals surface area contributed by atoms with Crippen molar-refractivity contribution in [2.45, 2.75) is 32.7 Å². The average molecular weight is 209 g/mol. The number of carbonyl (C=O) groups excluding carboxylic acids is 2. The molecule has 0 aliphatic heterocycles. The zero-order chi connectivity index (χ0) is 11.5. The van der Waals surface area contributed by atoms with E-state index in [9.17, 15) is 9.59 Å². The molecule has 4 heteroatoms. The second-order valence-electron chi connectivity index (χ2n) is 3.96. The van der Waals surface area contributed by atoms with Gasteiger partial charge in [0, 0.05) is 0 Å². The molecule has 0 radical (unpaired) electrons. The molecule has 1 atom stereocenters. The summed E-state index contributed by atoms with van der Waals surface area (Å²) in [6.45, 7) is 3.53. The lowest BCUT2D eigenvalue weighted by Crippen LogP contribution is -2.46. The van der Waals surface area contributed by atoms with Crippen LogP contribution in [0.1, 0.15) is 26.7 Å². The van der Waals surface area contributed by atoms with Crippen LogP contribution in [0.15, 0.2) is 0 Å². The van der Waals surface area contributed by atoms with Crippen molar-refractivity contribution in [3.05, 3.63) is 0 Å². The third-order valence-corrected chi connectivity index (χ3v) is 2.69. The first-order valence-corrected chi connectivity index (χ1v) is 4.84. The van der Waals surface area contributed by atoms with Crippen LogP contribution in [0.5, 0.6) is 0 Å². The number of esters is 1. The van der Waals surface area contributed by atoms with Crippen molar-refractivity contribution in [1.82, 2.24) is 5.32 Å². The number of carbonyl (C=O) groups is 2. The normalized spacial score (nSPS) is 18.1. The minimum Gasteiger partial charge on any atom is -0.467 e. The monoisotopic (exact) mass is 209 g/mol. The zero-order valence-corrected chi connectivity index (χ0v) is 9.22. The molecule has 1 amide bonds. The van der Waals surface area contributed by atoms with E-state index in [2.05, 4.69) is 21.9 Å². The van der Waals surface area contributed by atoms with E-state index in [1.165, 1.54) is 7.11 Å². The molecule has 1 N–H and O–H groups in total. The summed E-state index contributed by atoms with van der Waals surface area (Å²) in [6.07, 6.45) is 1.85. The summed E-state index contributed by atoms with van der Waals surface area (Å²) >= 11 is 0. The molecule has 1 rings (SSSR count). The van der Waals surface area contributed by atoms with Crippen LogP contribution in [-0.4, -0.2) is 25.0 Å². The Labute approximate surface area is 89.4 Å². The summed E-state index contributed by atoms with van der Waals surface area (Å²) in [5, 5.41) is 2.58. The fourth-order valence-corrected chi connectivity index (χ4v) is 1.40. The highest BCUT2D eigenvalue weighted by atomic mass is 16.5. The molecule has 0 aromatic heterocycles. The molecule has 1 unspecified atom stereocenters. The van der Waals surface area contributed by atoms with Gasteiger partial charge in [-0.2, -0.15) is 0 Å². The van der Waals surface area contributed by atoms with Crippen LogP contribution in [0.2, 0.25) is 0 Å². The van der Waals surface area contributed by atoms with Gasteiger partial charge in [0.1, 0.15) is 6.04 Å². The summed E-state index contributed by atoms with van der Waals surface area (Å²) in [5.41, 5.74) is -0.155. The van der Waals surface area contributed by atoms with Crippen LogP contribution < -0.4 is 5.32 Å². The standard InChI is InChI=1S/C11H15NO3/c1-4-5-8(13)12-9(10(14)15-3)11(2)6-7-11/h9H,6-7H2,1-3H3,(H,12,13). The molecular weight excluding hydrogens is 194 g/mol. The van der Waals surface area contributed by atoms with Crippen molar-refractivity contribution in [3.63, 3.8) is 0 Å². The number of hydrogen-bond acceptors (Lipinski definition) is 3. The fourth-order valence-electron chi connectivity index (χ4n) is 1.40. The summed E-state index contributed by atoms with van der Waals surface area (Å²) in [6, 6.07) is -0.573. The van der Waals surface area contributed by atoms with E-state index < -0.39 is 17.9 Å². The molecule has 15 heavy (non-hydrogen) atoms. The highest BCUT2D eigenvalue weighted by Gasteiger charge is 2.49. The Morgan fingerprint density at radius 1 is 1.47 bits per heavy atom. The quantitative estimate of drug-likeness (QED) is 0.543. The van der Waals surface area contributed by atoms with Crippen LogP contribution >= 0.6 is 0 Å². The first-order valence-electron chi connectivity index (χ1n) is 4.84. The van der Waals surface area contributed by atoms with Gasteiger partial charge in [-0.05, 0) is 31.1 Å². The summed E-state index contributed by atoms with van der Waals surface area (Å²) in [5.74, 6) is 4.00. The molecule has 1 aliphatic rings. The van der Waals surface area contributed by atoms with E-state index in [4.69, 9.17) is 0 Å². The number of ether oxygens (including phenoxy) is 1. The summed E-state index contributed by atoms with van der Waals surface area (Å²) in [7, 11) is 1.32. The van der Waals surface area contributed by atoms with Crippen LogP contribution in [0, 0.1) is 17.3 Å². The highest BCUT2D eigenvalue weighted by Crippen LogP contribution is 2.48. The third-order valence-electron chi connectivity index (χ3n) is 2.69. The van der Waals surface area contributed by atoms with Crippen LogP contribution in [0.4, 0.5) is 0 Å². The maximum Gasteiger partial charge on any atom is 0.328 e. The molecule has 1 saturated carbocycles. The Bertz CT molecular complexity index is 333. The van der Waals surface area contributed by atoms with Gasteiger partial charge in [0.2, 0.25) is 0 Å². The van der Waals surface area contributed by atoms with Crippen molar-refractivity contribution >= 4 is 11.9 Å². The molecule has 0 spiro atoms. The summed E-state index contributed by atoms with van der Waals surface area (Å²) < 4.78 is 4.66. The van der Waals surface area contributed by atoms with Gasteiger partial charge in [0.15, 0.2) is 0 Å². The van der Waals surface area contributed by atoms with E-state index in [0.29, 0.717) is 0 Å². The van der Waals surface area contributed by atoms with Gasteiger partial charge in [-0.25, -0.2) is 4.79 Å². The molecule has 4 nitrogen and oxygen atoms in total. The molecule has 82 valence electrons. The smallest absolute Gasteiger partial charge is 0.328 e. The molecule has 0 aromatic carbocycles. The Morgan fingerprint density at radius 2 is 2.07 bits per heavy atom. The molecule has 0 heterocycles. The van der Waals surface area contributed by atoms with Crippen molar-refractivity contribution in [2.75, 3.05) is 7.11 Å². The highest BCUT2D eigenvalue weighted by molar-refractivity contribution is 5.96. The third kappa shape index (κ3) is 2.72. The number of hydrogen-bond donors (Lipinski definition) is 1. The van der Waals surface area contributed by atoms with Gasteiger partial charge >= 0.3 is 5.97 Å². The lowest BCUT2D eigenvalue weighted by molar-refractivity contribution is -0.146. The van der Waals surface area contributed by atoms with Crippen molar-refractivity contribution in [3.8, 4) is 11.8 Å². The zero-order valence-electron chi connectivity index (χ0n) is 9.22. The van der Waals surface area contributed by atoms with Crippen LogP contribution in [0.3, 0.4) is 0 Å². The molecule has 1 aliphatic carbocycles.